The molecule has 3 heteroatoms. The van der Waals surface area contributed by atoms with Crippen molar-refractivity contribution in [2.45, 2.75) is 58.1 Å². The molecule has 17 heavy (non-hydrogen) atoms. The molecule has 1 aliphatic heterocycles. The SMILES string of the molecule is CCC(C)CN(C)C1(CN)CCOC(C)(C)C1. The number of nitrogens with two attached hydrogens (primary N) is 1. The summed E-state index contributed by atoms with van der Waals surface area (Å²) < 4.78 is 5.82. The molecule has 1 aliphatic rings. The van der Waals surface area contributed by atoms with Crippen molar-refractivity contribution in [2.75, 3.05) is 26.7 Å². The van der Waals surface area contributed by atoms with Gasteiger partial charge < -0.3 is 10.5 Å². The highest BCUT2D eigenvalue weighted by Crippen LogP contribution is 2.35. The highest BCUT2D eigenvalue weighted by atomic mass is 16.5. The Bertz CT molecular complexity index is 242. The number of ether oxygens (including phenoxy) is 1. The molecule has 0 aromatic heterocycles. The van der Waals surface area contributed by atoms with Crippen molar-refractivity contribution in [3.63, 3.8) is 0 Å². The molecule has 3 nitrogen and oxygen atoms in total. The fraction of sp³-hybridized carbons (Fsp3) is 1.00. The standard InChI is InChI=1S/C14H30N2O/c1-6-12(2)9-16(5)14(11-15)7-8-17-13(3,4)10-14/h12H,6-11,15H2,1-5H3. The molecule has 2 atom stereocenters. The molecule has 0 saturated carbocycles. The van der Waals surface area contributed by atoms with Crippen molar-refractivity contribution in [1.82, 2.24) is 4.90 Å². The highest BCUT2D eigenvalue weighted by molar-refractivity contribution is 4.98. The highest BCUT2D eigenvalue weighted by Gasteiger charge is 2.42. The van der Waals surface area contributed by atoms with Crippen LogP contribution in [-0.4, -0.2) is 42.8 Å². The van der Waals surface area contributed by atoms with Gasteiger partial charge in [-0.25, -0.2) is 0 Å². The third-order valence-electron chi connectivity index (χ3n) is 4.29. The minimum atomic E-state index is -0.0403. The molecule has 1 heterocycles. The van der Waals surface area contributed by atoms with E-state index in [-0.39, 0.29) is 11.1 Å². The second-order valence-electron chi connectivity index (χ2n) is 6.36. The first-order valence-electron chi connectivity index (χ1n) is 6.90. The van der Waals surface area contributed by atoms with Gasteiger partial charge in [0.2, 0.25) is 0 Å². The van der Waals surface area contributed by atoms with Crippen LogP contribution >= 0.6 is 0 Å². The van der Waals surface area contributed by atoms with E-state index >= 15 is 0 Å². The van der Waals surface area contributed by atoms with Crippen LogP contribution in [0.5, 0.6) is 0 Å². The third kappa shape index (κ3) is 3.67. The lowest BCUT2D eigenvalue weighted by Crippen LogP contribution is -2.60. The molecular weight excluding hydrogens is 212 g/mol. The first-order valence-corrected chi connectivity index (χ1v) is 6.90. The van der Waals surface area contributed by atoms with Gasteiger partial charge in [-0.05, 0) is 39.7 Å². The van der Waals surface area contributed by atoms with Gasteiger partial charge in [0.25, 0.3) is 0 Å². The Balaban J connectivity index is 2.73. The van der Waals surface area contributed by atoms with Gasteiger partial charge in [-0.15, -0.1) is 0 Å². The van der Waals surface area contributed by atoms with E-state index in [1.165, 1.54) is 6.42 Å². The Kier molecular flexibility index (Phi) is 4.99. The molecule has 0 spiro atoms. The maximum absolute atomic E-state index is 6.08. The van der Waals surface area contributed by atoms with Crippen LogP contribution in [0.3, 0.4) is 0 Å². The number of hydrogen-bond donors (Lipinski definition) is 1. The summed E-state index contributed by atoms with van der Waals surface area (Å²) in [6, 6.07) is 0. The van der Waals surface area contributed by atoms with Crippen LogP contribution in [0, 0.1) is 5.92 Å². The lowest BCUT2D eigenvalue weighted by molar-refractivity contribution is -0.115. The topological polar surface area (TPSA) is 38.5 Å². The van der Waals surface area contributed by atoms with Gasteiger partial charge >= 0.3 is 0 Å². The van der Waals surface area contributed by atoms with Crippen molar-refractivity contribution in [3.8, 4) is 0 Å². The molecular formula is C14H30N2O. The number of nitrogens with zero attached hydrogens (tertiary/aromatic N) is 1. The molecule has 1 saturated heterocycles. The maximum atomic E-state index is 6.08. The summed E-state index contributed by atoms with van der Waals surface area (Å²) in [4.78, 5) is 2.48. The van der Waals surface area contributed by atoms with Crippen LogP contribution in [-0.2, 0) is 4.74 Å². The van der Waals surface area contributed by atoms with Crippen LogP contribution in [0.4, 0.5) is 0 Å². The number of rotatable bonds is 5. The Morgan fingerprint density at radius 2 is 2.06 bits per heavy atom. The molecule has 102 valence electrons. The zero-order valence-corrected chi connectivity index (χ0v) is 12.3. The molecule has 2 unspecified atom stereocenters. The zero-order chi connectivity index (χ0) is 13.1. The monoisotopic (exact) mass is 242 g/mol. The largest absolute Gasteiger partial charge is 0.375 e. The average Bonchev–Trinajstić information content (AvgIpc) is 2.27. The molecule has 1 fully saturated rings. The molecule has 0 bridgehead atoms. The van der Waals surface area contributed by atoms with E-state index in [4.69, 9.17) is 10.5 Å². The van der Waals surface area contributed by atoms with Crippen LogP contribution < -0.4 is 5.73 Å². The van der Waals surface area contributed by atoms with Crippen molar-refractivity contribution >= 4 is 0 Å². The smallest absolute Gasteiger partial charge is 0.0644 e. The van der Waals surface area contributed by atoms with E-state index in [2.05, 4.69) is 39.6 Å². The summed E-state index contributed by atoms with van der Waals surface area (Å²) in [5, 5.41) is 0. The number of hydrogen-bond acceptors (Lipinski definition) is 3. The van der Waals surface area contributed by atoms with Crippen LogP contribution in [0.2, 0.25) is 0 Å². The molecule has 0 aromatic carbocycles. The second-order valence-corrected chi connectivity index (χ2v) is 6.36. The summed E-state index contributed by atoms with van der Waals surface area (Å²) in [5.74, 6) is 0.731. The predicted molar refractivity (Wildman–Crippen MR) is 73.1 cm³/mol. The lowest BCUT2D eigenvalue weighted by atomic mass is 9.79. The van der Waals surface area contributed by atoms with E-state index in [0.29, 0.717) is 0 Å². The summed E-state index contributed by atoms with van der Waals surface area (Å²) in [6.07, 6.45) is 3.31. The Hall–Kier alpha value is -0.120. The molecule has 0 aromatic rings. The van der Waals surface area contributed by atoms with E-state index in [1.54, 1.807) is 0 Å². The summed E-state index contributed by atoms with van der Waals surface area (Å²) in [6.45, 7) is 11.6. The molecule has 1 rings (SSSR count). The van der Waals surface area contributed by atoms with E-state index < -0.39 is 0 Å². The van der Waals surface area contributed by atoms with Gasteiger partial charge in [0.1, 0.15) is 0 Å². The van der Waals surface area contributed by atoms with Gasteiger partial charge in [-0.3, -0.25) is 4.90 Å². The van der Waals surface area contributed by atoms with Gasteiger partial charge in [0, 0.05) is 25.2 Å². The first-order chi connectivity index (χ1) is 7.85. The maximum Gasteiger partial charge on any atom is 0.0644 e. The van der Waals surface area contributed by atoms with Crippen LogP contribution in [0.25, 0.3) is 0 Å². The molecule has 0 aliphatic carbocycles. The Morgan fingerprint density at radius 1 is 1.41 bits per heavy atom. The van der Waals surface area contributed by atoms with Crippen molar-refractivity contribution in [3.05, 3.63) is 0 Å². The zero-order valence-electron chi connectivity index (χ0n) is 12.3. The van der Waals surface area contributed by atoms with E-state index in [1.807, 2.05) is 0 Å². The molecule has 0 radical (unpaired) electrons. The van der Waals surface area contributed by atoms with Crippen molar-refractivity contribution in [2.24, 2.45) is 11.7 Å². The van der Waals surface area contributed by atoms with Crippen LogP contribution in [0.15, 0.2) is 0 Å². The van der Waals surface area contributed by atoms with Crippen LogP contribution in [0.1, 0.15) is 47.0 Å². The summed E-state index contributed by atoms with van der Waals surface area (Å²) in [7, 11) is 2.22. The average molecular weight is 242 g/mol. The quantitative estimate of drug-likeness (QED) is 0.803. The van der Waals surface area contributed by atoms with E-state index in [0.717, 1.165) is 38.5 Å². The van der Waals surface area contributed by atoms with Crippen molar-refractivity contribution < 1.29 is 4.74 Å². The van der Waals surface area contributed by atoms with E-state index in [9.17, 15) is 0 Å². The van der Waals surface area contributed by atoms with Gasteiger partial charge in [-0.2, -0.15) is 0 Å². The lowest BCUT2D eigenvalue weighted by Gasteiger charge is -2.50. The minimum Gasteiger partial charge on any atom is -0.375 e. The van der Waals surface area contributed by atoms with Crippen molar-refractivity contribution in [1.29, 1.82) is 0 Å². The summed E-state index contributed by atoms with van der Waals surface area (Å²) in [5.41, 5.74) is 6.17. The number of likely N-dealkylation sites (N-methyl/N-ethyl adjacent to an activating group) is 1. The Morgan fingerprint density at radius 3 is 2.53 bits per heavy atom. The summed E-state index contributed by atoms with van der Waals surface area (Å²) >= 11 is 0. The fourth-order valence-corrected chi connectivity index (χ4v) is 2.90. The van der Waals surface area contributed by atoms with Gasteiger partial charge in [-0.1, -0.05) is 20.3 Å². The predicted octanol–water partition coefficient (Wildman–Crippen LogP) is 2.25. The second kappa shape index (κ2) is 5.68. The normalized spacial score (nSPS) is 30.5. The third-order valence-corrected chi connectivity index (χ3v) is 4.29. The fourth-order valence-electron chi connectivity index (χ4n) is 2.90. The molecule has 0 amide bonds. The van der Waals surface area contributed by atoms with Gasteiger partial charge in [0.15, 0.2) is 0 Å². The van der Waals surface area contributed by atoms with Gasteiger partial charge in [0.05, 0.1) is 5.60 Å². The molecule has 2 N–H and O–H groups in total. The Labute approximate surface area is 107 Å². The minimum absolute atomic E-state index is 0.0403. The first kappa shape index (κ1) is 14.9.